The Bertz CT molecular complexity index is 927. The van der Waals surface area contributed by atoms with Crippen LogP contribution in [0.5, 0.6) is 0 Å². The molecule has 1 atom stereocenters. The molecule has 0 aliphatic carbocycles. The molecule has 0 aromatic heterocycles. The third-order valence-electron chi connectivity index (χ3n) is 5.57. The number of imide groups is 1. The molecule has 1 unspecified atom stereocenters. The average molecular weight is 459 g/mol. The topological polar surface area (TPSA) is 125 Å². The van der Waals surface area contributed by atoms with Crippen molar-refractivity contribution in [3.8, 4) is 0 Å². The van der Waals surface area contributed by atoms with Gasteiger partial charge in [0.15, 0.2) is 0 Å². The third kappa shape index (κ3) is 5.68. The van der Waals surface area contributed by atoms with Crippen LogP contribution < -0.4 is 10.6 Å². The highest BCUT2D eigenvalue weighted by atomic mass is 16.6. The maximum Gasteiger partial charge on any atom is 0.408 e. The molecule has 178 valence electrons. The van der Waals surface area contributed by atoms with Gasteiger partial charge >= 0.3 is 6.09 Å². The fourth-order valence-corrected chi connectivity index (χ4v) is 3.85. The maximum absolute atomic E-state index is 12.7. The van der Waals surface area contributed by atoms with Gasteiger partial charge in [0.1, 0.15) is 18.2 Å². The van der Waals surface area contributed by atoms with E-state index in [-0.39, 0.29) is 18.5 Å². The molecule has 10 heteroatoms. The van der Waals surface area contributed by atoms with Gasteiger partial charge in [0.25, 0.3) is 11.8 Å². The van der Waals surface area contributed by atoms with Crippen LogP contribution in [-0.4, -0.2) is 76.8 Å². The van der Waals surface area contributed by atoms with Crippen LogP contribution in [0.3, 0.4) is 0 Å². The maximum atomic E-state index is 12.7. The smallest absolute Gasteiger partial charge is 0.408 e. The zero-order valence-electron chi connectivity index (χ0n) is 19.3. The van der Waals surface area contributed by atoms with E-state index < -0.39 is 35.5 Å². The summed E-state index contributed by atoms with van der Waals surface area (Å²) in [6, 6.07) is 5.37. The molecule has 2 aliphatic heterocycles. The van der Waals surface area contributed by atoms with Crippen LogP contribution in [0, 0.1) is 0 Å². The van der Waals surface area contributed by atoms with Crippen molar-refractivity contribution in [3.63, 3.8) is 0 Å². The number of carbonyl (C=O) groups is 5. The van der Waals surface area contributed by atoms with Crippen LogP contribution in [0.4, 0.5) is 4.79 Å². The molecule has 1 aromatic carbocycles. The lowest BCUT2D eigenvalue weighted by Crippen LogP contribution is -2.53. The molecular formula is C23H30N4O6. The molecule has 10 nitrogen and oxygen atoms in total. The Hall–Kier alpha value is -3.43. The first-order chi connectivity index (χ1) is 15.5. The van der Waals surface area contributed by atoms with Crippen LogP contribution in [0.15, 0.2) is 24.3 Å². The zero-order chi connectivity index (χ0) is 24.3. The fraction of sp³-hybridized carbons (Fsp3) is 0.522. The molecule has 2 N–H and O–H groups in total. The van der Waals surface area contributed by atoms with Gasteiger partial charge in [-0.15, -0.1) is 0 Å². The summed E-state index contributed by atoms with van der Waals surface area (Å²) in [5.41, 5.74) is -0.0450. The van der Waals surface area contributed by atoms with Crippen molar-refractivity contribution in [1.29, 1.82) is 0 Å². The molecule has 33 heavy (non-hydrogen) atoms. The number of piperidine rings is 1. The van der Waals surface area contributed by atoms with Gasteiger partial charge in [0.2, 0.25) is 11.8 Å². The van der Waals surface area contributed by atoms with Crippen molar-refractivity contribution in [2.75, 3.05) is 19.6 Å². The number of fused-ring (bicyclic) bond motifs is 1. The highest BCUT2D eigenvalue weighted by Gasteiger charge is 2.41. The molecule has 1 aromatic rings. The van der Waals surface area contributed by atoms with E-state index in [1.807, 2.05) is 0 Å². The van der Waals surface area contributed by atoms with E-state index in [9.17, 15) is 24.0 Å². The lowest BCUT2D eigenvalue weighted by Gasteiger charge is -2.33. The molecule has 2 heterocycles. The second-order valence-corrected chi connectivity index (χ2v) is 9.22. The summed E-state index contributed by atoms with van der Waals surface area (Å²) in [6.45, 7) is 7.41. The summed E-state index contributed by atoms with van der Waals surface area (Å²) in [5, 5.41) is 5.34. The molecule has 5 amide bonds. The first-order valence-corrected chi connectivity index (χ1v) is 11.0. The summed E-state index contributed by atoms with van der Waals surface area (Å²) >= 11 is 0. The molecule has 0 spiro atoms. The van der Waals surface area contributed by atoms with E-state index in [4.69, 9.17) is 4.74 Å². The SMILES string of the molecule is CC(C(=O)NC1CCN(C(=O)CNC(=O)OC(C)(C)C)CC1)N1C(=O)c2ccccc2C1=O. The van der Waals surface area contributed by atoms with Gasteiger partial charge in [-0.2, -0.15) is 0 Å². The number of amides is 5. The summed E-state index contributed by atoms with van der Waals surface area (Å²) < 4.78 is 5.12. The largest absolute Gasteiger partial charge is 0.444 e. The second kappa shape index (κ2) is 9.60. The van der Waals surface area contributed by atoms with E-state index in [2.05, 4.69) is 10.6 Å². The lowest BCUT2D eigenvalue weighted by atomic mass is 10.0. The molecular weight excluding hydrogens is 428 g/mol. The summed E-state index contributed by atoms with van der Waals surface area (Å²) in [4.78, 5) is 64.6. The monoisotopic (exact) mass is 458 g/mol. The second-order valence-electron chi connectivity index (χ2n) is 9.22. The number of ether oxygens (including phenoxy) is 1. The average Bonchev–Trinajstić information content (AvgIpc) is 3.01. The van der Waals surface area contributed by atoms with E-state index >= 15 is 0 Å². The van der Waals surface area contributed by atoms with Crippen molar-refractivity contribution in [1.82, 2.24) is 20.4 Å². The highest BCUT2D eigenvalue weighted by molar-refractivity contribution is 6.22. The first kappa shape index (κ1) is 24.2. The van der Waals surface area contributed by atoms with Crippen molar-refractivity contribution >= 4 is 29.7 Å². The van der Waals surface area contributed by atoms with Crippen LogP contribution in [0.2, 0.25) is 0 Å². The minimum atomic E-state index is -0.949. The number of carbonyl (C=O) groups excluding carboxylic acids is 5. The number of nitrogens with zero attached hydrogens (tertiary/aromatic N) is 2. The highest BCUT2D eigenvalue weighted by Crippen LogP contribution is 2.24. The van der Waals surface area contributed by atoms with Gasteiger partial charge in [-0.3, -0.25) is 24.1 Å². The van der Waals surface area contributed by atoms with E-state index in [0.717, 1.165) is 4.90 Å². The van der Waals surface area contributed by atoms with Gasteiger partial charge in [-0.25, -0.2) is 4.79 Å². The lowest BCUT2D eigenvalue weighted by molar-refractivity contribution is -0.131. The Morgan fingerprint density at radius 2 is 1.61 bits per heavy atom. The molecule has 0 saturated carbocycles. The number of benzene rings is 1. The molecule has 0 bridgehead atoms. The quantitative estimate of drug-likeness (QED) is 0.641. The summed E-state index contributed by atoms with van der Waals surface area (Å²) in [5.74, 6) is -1.60. The van der Waals surface area contributed by atoms with Crippen molar-refractivity contribution in [2.45, 2.75) is 58.2 Å². The zero-order valence-corrected chi connectivity index (χ0v) is 19.3. The fourth-order valence-electron chi connectivity index (χ4n) is 3.85. The Morgan fingerprint density at radius 1 is 1.06 bits per heavy atom. The minimum Gasteiger partial charge on any atom is -0.444 e. The Balaban J connectivity index is 1.46. The van der Waals surface area contributed by atoms with Gasteiger partial charge in [0, 0.05) is 19.1 Å². The normalized spacial score (nSPS) is 17.5. The van der Waals surface area contributed by atoms with Crippen molar-refractivity contribution in [2.24, 2.45) is 0 Å². The standard InChI is InChI=1S/C23H30N4O6/c1-14(27-20(30)16-7-5-6-8-17(16)21(27)31)19(29)25-15-9-11-26(12-10-15)18(28)13-24-22(32)33-23(2,3)4/h5-8,14-15H,9-13H2,1-4H3,(H,24,32)(H,25,29). The van der Waals surface area contributed by atoms with Gasteiger partial charge in [-0.05, 0) is 52.7 Å². The number of nitrogens with one attached hydrogen (secondary N) is 2. The van der Waals surface area contributed by atoms with Crippen LogP contribution in [0.1, 0.15) is 61.3 Å². The molecule has 1 saturated heterocycles. The van der Waals surface area contributed by atoms with Crippen molar-refractivity contribution in [3.05, 3.63) is 35.4 Å². The minimum absolute atomic E-state index is 0.164. The molecule has 0 radical (unpaired) electrons. The Morgan fingerprint density at radius 3 is 2.12 bits per heavy atom. The van der Waals surface area contributed by atoms with Crippen LogP contribution >= 0.6 is 0 Å². The van der Waals surface area contributed by atoms with E-state index in [0.29, 0.717) is 37.1 Å². The summed E-state index contributed by atoms with van der Waals surface area (Å²) in [7, 11) is 0. The molecule has 2 aliphatic rings. The van der Waals surface area contributed by atoms with Gasteiger partial charge in [-0.1, -0.05) is 12.1 Å². The Labute approximate surface area is 192 Å². The van der Waals surface area contributed by atoms with Crippen molar-refractivity contribution < 1.29 is 28.7 Å². The number of rotatable bonds is 5. The first-order valence-electron chi connectivity index (χ1n) is 11.0. The van der Waals surface area contributed by atoms with E-state index in [1.54, 1.807) is 49.9 Å². The Kier molecular flexibility index (Phi) is 7.04. The molecule has 3 rings (SSSR count). The van der Waals surface area contributed by atoms with Crippen LogP contribution in [0.25, 0.3) is 0 Å². The van der Waals surface area contributed by atoms with Crippen LogP contribution in [-0.2, 0) is 14.3 Å². The van der Waals surface area contributed by atoms with Gasteiger partial charge < -0.3 is 20.3 Å². The van der Waals surface area contributed by atoms with E-state index in [1.165, 1.54) is 6.92 Å². The number of hydrogen-bond donors (Lipinski definition) is 2. The predicted octanol–water partition coefficient (Wildman–Crippen LogP) is 1.30. The summed E-state index contributed by atoms with van der Waals surface area (Å²) in [6.07, 6.45) is 0.400. The number of alkyl carbamates (subject to hydrolysis) is 1. The van der Waals surface area contributed by atoms with Gasteiger partial charge in [0.05, 0.1) is 11.1 Å². The number of likely N-dealkylation sites (tertiary alicyclic amines) is 1. The third-order valence-corrected chi connectivity index (χ3v) is 5.57. The predicted molar refractivity (Wildman–Crippen MR) is 118 cm³/mol. The molecule has 1 fully saturated rings. The number of hydrogen-bond acceptors (Lipinski definition) is 6.